The fraction of sp³-hybridized carbons (Fsp3) is 0.0556. The van der Waals surface area contributed by atoms with Crippen LogP contribution in [0.3, 0.4) is 0 Å². The molecule has 0 aliphatic heterocycles. The topological polar surface area (TPSA) is 39.6 Å². The van der Waals surface area contributed by atoms with Crippen LogP contribution in [0.5, 0.6) is 0 Å². The molecule has 0 saturated heterocycles. The van der Waals surface area contributed by atoms with Gasteiger partial charge in [0.1, 0.15) is 0 Å². The summed E-state index contributed by atoms with van der Waals surface area (Å²) in [7, 11) is 0. The molecule has 0 unspecified atom stereocenters. The van der Waals surface area contributed by atoms with Gasteiger partial charge in [-0.15, -0.1) is 0 Å². The number of rotatable bonds is 2. The van der Waals surface area contributed by atoms with E-state index in [1.54, 1.807) is 0 Å². The average molecular weight is 258 g/mol. The Morgan fingerprint density at radius 2 is 1.75 bits per heavy atom. The second-order valence-electron chi connectivity index (χ2n) is 4.75. The molecule has 1 N–H and O–H groups in total. The molecule has 1 heterocycles. The van der Waals surface area contributed by atoms with Crippen molar-refractivity contribution in [3.05, 3.63) is 71.4 Å². The zero-order chi connectivity index (χ0) is 13.9. The number of aromatic nitrogens is 1. The second-order valence-corrected chi connectivity index (χ2v) is 4.75. The molecule has 0 radical (unpaired) electrons. The van der Waals surface area contributed by atoms with Gasteiger partial charge in [0.2, 0.25) is 0 Å². The number of aromatic amines is 1. The molecule has 2 nitrogen and oxygen atoms in total. The number of H-pyrrole nitrogens is 1. The summed E-state index contributed by atoms with van der Waals surface area (Å²) < 4.78 is 0. The predicted octanol–water partition coefficient (Wildman–Crippen LogP) is 4.54. The zero-order valence-corrected chi connectivity index (χ0v) is 11.2. The van der Waals surface area contributed by atoms with E-state index in [4.69, 9.17) is 0 Å². The predicted molar refractivity (Wildman–Crippen MR) is 83.0 cm³/mol. The van der Waals surface area contributed by atoms with Gasteiger partial charge in [0.25, 0.3) is 0 Å². The Morgan fingerprint density at radius 1 is 1.05 bits per heavy atom. The van der Waals surface area contributed by atoms with Crippen molar-refractivity contribution in [3.63, 3.8) is 0 Å². The van der Waals surface area contributed by atoms with Gasteiger partial charge in [-0.2, -0.15) is 5.26 Å². The lowest BCUT2D eigenvalue weighted by Gasteiger charge is -1.99. The van der Waals surface area contributed by atoms with Crippen LogP contribution in [0.1, 0.15) is 16.8 Å². The maximum atomic E-state index is 9.41. The van der Waals surface area contributed by atoms with E-state index >= 15 is 0 Å². The van der Waals surface area contributed by atoms with Gasteiger partial charge in [-0.3, -0.25) is 0 Å². The molecule has 96 valence electrons. The summed E-state index contributed by atoms with van der Waals surface area (Å²) in [5, 5.41) is 10.6. The lowest BCUT2D eigenvalue weighted by molar-refractivity contribution is 1.29. The quantitative estimate of drug-likeness (QED) is 0.673. The third kappa shape index (κ3) is 2.10. The average Bonchev–Trinajstić information content (AvgIpc) is 2.81. The zero-order valence-electron chi connectivity index (χ0n) is 11.2. The highest BCUT2D eigenvalue weighted by atomic mass is 14.7. The third-order valence-electron chi connectivity index (χ3n) is 3.44. The van der Waals surface area contributed by atoms with Gasteiger partial charge in [0.05, 0.1) is 11.6 Å². The van der Waals surface area contributed by atoms with Crippen molar-refractivity contribution in [3.8, 4) is 6.07 Å². The summed E-state index contributed by atoms with van der Waals surface area (Å²) in [6.07, 6.45) is 1.96. The Balaban J connectivity index is 2.18. The number of para-hydroxylation sites is 1. The van der Waals surface area contributed by atoms with Gasteiger partial charge in [-0.1, -0.05) is 48.5 Å². The maximum absolute atomic E-state index is 9.41. The highest BCUT2D eigenvalue weighted by Gasteiger charge is 2.07. The molecule has 2 aromatic carbocycles. The SMILES string of the molecule is Cc1[nH]c2ccccc2c1/C=C(/C#N)c1ccccc1. The van der Waals surface area contributed by atoms with E-state index in [0.29, 0.717) is 5.57 Å². The maximum Gasteiger partial charge on any atom is 0.0998 e. The number of aryl methyl sites for hydroxylation is 1. The number of nitriles is 1. The standard InChI is InChI=1S/C18H14N2/c1-13-17(16-9-5-6-10-18(16)20-13)11-15(12-19)14-7-3-2-4-8-14/h2-11,20H,1H3/b15-11-. The molecule has 0 saturated carbocycles. The molecule has 2 heteroatoms. The molecule has 0 atom stereocenters. The van der Waals surface area contributed by atoms with Crippen LogP contribution >= 0.6 is 0 Å². The number of hydrogen-bond acceptors (Lipinski definition) is 1. The molecule has 20 heavy (non-hydrogen) atoms. The molecular weight excluding hydrogens is 244 g/mol. The first-order valence-electron chi connectivity index (χ1n) is 6.54. The summed E-state index contributed by atoms with van der Waals surface area (Å²) in [6, 6.07) is 20.2. The van der Waals surface area contributed by atoms with Crippen molar-refractivity contribution in [1.82, 2.24) is 4.98 Å². The highest BCUT2D eigenvalue weighted by Crippen LogP contribution is 2.26. The smallest absolute Gasteiger partial charge is 0.0998 e. The molecule has 0 bridgehead atoms. The van der Waals surface area contributed by atoms with E-state index in [9.17, 15) is 5.26 Å². The first-order valence-corrected chi connectivity index (χ1v) is 6.54. The van der Waals surface area contributed by atoms with E-state index < -0.39 is 0 Å². The Bertz CT molecular complexity index is 817. The van der Waals surface area contributed by atoms with Crippen LogP contribution in [-0.2, 0) is 0 Å². The van der Waals surface area contributed by atoms with Crippen LogP contribution in [0.4, 0.5) is 0 Å². The van der Waals surface area contributed by atoms with E-state index in [1.807, 2.05) is 61.5 Å². The Morgan fingerprint density at radius 3 is 2.50 bits per heavy atom. The van der Waals surface area contributed by atoms with Crippen LogP contribution in [0.15, 0.2) is 54.6 Å². The molecule has 3 aromatic rings. The lowest BCUT2D eigenvalue weighted by Crippen LogP contribution is -1.82. The fourth-order valence-corrected chi connectivity index (χ4v) is 2.43. The minimum absolute atomic E-state index is 0.679. The monoisotopic (exact) mass is 258 g/mol. The van der Waals surface area contributed by atoms with Crippen molar-refractivity contribution >= 4 is 22.6 Å². The van der Waals surface area contributed by atoms with Crippen molar-refractivity contribution < 1.29 is 0 Å². The Hall–Kier alpha value is -2.79. The van der Waals surface area contributed by atoms with Crippen LogP contribution in [-0.4, -0.2) is 4.98 Å². The molecule has 0 aliphatic carbocycles. The van der Waals surface area contributed by atoms with Crippen molar-refractivity contribution in [2.24, 2.45) is 0 Å². The van der Waals surface area contributed by atoms with E-state index in [1.165, 1.54) is 0 Å². The van der Waals surface area contributed by atoms with Crippen molar-refractivity contribution in [1.29, 1.82) is 5.26 Å². The van der Waals surface area contributed by atoms with Crippen LogP contribution in [0.2, 0.25) is 0 Å². The fourth-order valence-electron chi connectivity index (χ4n) is 2.43. The highest BCUT2D eigenvalue weighted by molar-refractivity contribution is 5.98. The lowest BCUT2D eigenvalue weighted by atomic mass is 10.0. The van der Waals surface area contributed by atoms with E-state index in [-0.39, 0.29) is 0 Å². The molecule has 0 amide bonds. The molecular formula is C18H14N2. The van der Waals surface area contributed by atoms with Gasteiger partial charge < -0.3 is 4.98 Å². The number of allylic oxidation sites excluding steroid dienone is 1. The van der Waals surface area contributed by atoms with Gasteiger partial charge in [-0.05, 0) is 24.6 Å². The van der Waals surface area contributed by atoms with Crippen LogP contribution in [0, 0.1) is 18.3 Å². The number of hydrogen-bond donors (Lipinski definition) is 1. The second kappa shape index (κ2) is 5.07. The first kappa shape index (κ1) is 12.3. The largest absolute Gasteiger partial charge is 0.358 e. The molecule has 3 rings (SSSR count). The number of fused-ring (bicyclic) bond motifs is 1. The normalized spacial score (nSPS) is 11.5. The molecule has 0 spiro atoms. The summed E-state index contributed by atoms with van der Waals surface area (Å²) in [6.45, 7) is 2.03. The summed E-state index contributed by atoms with van der Waals surface area (Å²) in [5.74, 6) is 0. The number of nitrogens with one attached hydrogen (secondary N) is 1. The van der Waals surface area contributed by atoms with Gasteiger partial charge in [0, 0.05) is 22.2 Å². The molecule has 0 fully saturated rings. The van der Waals surface area contributed by atoms with E-state index in [2.05, 4.69) is 17.1 Å². The number of nitrogens with zero attached hydrogens (tertiary/aromatic N) is 1. The third-order valence-corrected chi connectivity index (χ3v) is 3.44. The van der Waals surface area contributed by atoms with Crippen molar-refractivity contribution in [2.75, 3.05) is 0 Å². The molecule has 0 aliphatic rings. The van der Waals surface area contributed by atoms with Gasteiger partial charge in [-0.25, -0.2) is 0 Å². The molecule has 1 aromatic heterocycles. The Kier molecular flexibility index (Phi) is 3.10. The van der Waals surface area contributed by atoms with Crippen molar-refractivity contribution in [2.45, 2.75) is 6.92 Å². The summed E-state index contributed by atoms with van der Waals surface area (Å²) in [4.78, 5) is 3.35. The Labute approximate surface area is 118 Å². The first-order chi connectivity index (χ1) is 9.79. The summed E-state index contributed by atoms with van der Waals surface area (Å²) >= 11 is 0. The minimum Gasteiger partial charge on any atom is -0.358 e. The van der Waals surface area contributed by atoms with Gasteiger partial charge >= 0.3 is 0 Å². The van der Waals surface area contributed by atoms with Crippen LogP contribution < -0.4 is 0 Å². The van der Waals surface area contributed by atoms with E-state index in [0.717, 1.165) is 27.7 Å². The summed E-state index contributed by atoms with van der Waals surface area (Å²) in [5.41, 5.74) is 4.88. The van der Waals surface area contributed by atoms with Gasteiger partial charge in [0.15, 0.2) is 0 Å². The number of benzene rings is 2. The van der Waals surface area contributed by atoms with Crippen LogP contribution in [0.25, 0.3) is 22.6 Å². The minimum atomic E-state index is 0.679.